The van der Waals surface area contributed by atoms with Crippen LogP contribution in [0.4, 0.5) is 0 Å². The topological polar surface area (TPSA) is 179 Å². The summed E-state index contributed by atoms with van der Waals surface area (Å²) in [6.45, 7) is 0.811. The first-order valence-electron chi connectivity index (χ1n) is 10.3. The molecule has 11 heteroatoms. The summed E-state index contributed by atoms with van der Waals surface area (Å²) in [6.07, 6.45) is -7.60. The number of aromatic hydroxyl groups is 2. The maximum Gasteiger partial charge on any atom is 0.239 e. The molecule has 0 radical (unpaired) electrons. The van der Waals surface area contributed by atoms with Gasteiger partial charge in [0.05, 0.1) is 13.7 Å². The van der Waals surface area contributed by atoms with Gasteiger partial charge in [0, 0.05) is 17.2 Å². The van der Waals surface area contributed by atoms with E-state index in [1.165, 1.54) is 44.4 Å². The molecule has 2 heterocycles. The van der Waals surface area contributed by atoms with Crippen LogP contribution in [0.3, 0.4) is 0 Å². The summed E-state index contributed by atoms with van der Waals surface area (Å²) in [6, 6.07) is 7.14. The summed E-state index contributed by atoms with van der Waals surface area (Å²) >= 11 is 0. The first-order valence-corrected chi connectivity index (χ1v) is 10.3. The Morgan fingerprint density at radius 3 is 2.32 bits per heavy atom. The van der Waals surface area contributed by atoms with Crippen molar-refractivity contribution in [1.29, 1.82) is 0 Å². The van der Waals surface area contributed by atoms with Gasteiger partial charge < -0.3 is 49.3 Å². The third kappa shape index (κ3) is 3.93. The van der Waals surface area contributed by atoms with Crippen LogP contribution < -0.4 is 14.9 Å². The summed E-state index contributed by atoms with van der Waals surface area (Å²) in [4.78, 5) is 13.1. The van der Waals surface area contributed by atoms with Crippen LogP contribution in [-0.4, -0.2) is 75.1 Å². The van der Waals surface area contributed by atoms with Gasteiger partial charge in [-0.05, 0) is 31.2 Å². The van der Waals surface area contributed by atoms with Crippen LogP contribution in [0.25, 0.3) is 22.3 Å². The number of hydrogen-bond acceptors (Lipinski definition) is 11. The minimum atomic E-state index is -1.68. The predicted molar refractivity (Wildman–Crippen MR) is 117 cm³/mol. The lowest BCUT2D eigenvalue weighted by molar-refractivity contribution is -0.277. The van der Waals surface area contributed by atoms with Gasteiger partial charge in [-0.25, -0.2) is 0 Å². The average molecular weight is 476 g/mol. The van der Waals surface area contributed by atoms with E-state index in [-0.39, 0.29) is 39.5 Å². The molecule has 1 aromatic heterocycles. The van der Waals surface area contributed by atoms with Crippen molar-refractivity contribution in [3.8, 4) is 34.3 Å². The number of benzene rings is 2. The highest BCUT2D eigenvalue weighted by molar-refractivity contribution is 5.90. The molecule has 34 heavy (non-hydrogen) atoms. The molecule has 2 aromatic carbocycles. The van der Waals surface area contributed by atoms with Gasteiger partial charge in [0.15, 0.2) is 5.76 Å². The molecule has 6 N–H and O–H groups in total. The number of aliphatic hydroxyl groups excluding tert-OH is 4. The first-order chi connectivity index (χ1) is 16.2. The Kier molecular flexibility index (Phi) is 6.39. The Morgan fingerprint density at radius 1 is 1.03 bits per heavy atom. The van der Waals surface area contributed by atoms with Crippen LogP contribution in [0.1, 0.15) is 5.56 Å². The predicted octanol–water partition coefficient (Wildman–Crippen LogP) is 0.367. The number of phenols is 2. The second-order valence-electron chi connectivity index (χ2n) is 7.88. The highest BCUT2D eigenvalue weighted by Crippen LogP contribution is 2.39. The molecule has 1 fully saturated rings. The fourth-order valence-electron chi connectivity index (χ4n) is 3.79. The van der Waals surface area contributed by atoms with Crippen LogP contribution in [0, 0.1) is 6.92 Å². The summed E-state index contributed by atoms with van der Waals surface area (Å²) in [5, 5.41) is 59.7. The Balaban J connectivity index is 1.83. The number of rotatable bonds is 5. The van der Waals surface area contributed by atoms with Crippen molar-refractivity contribution >= 4 is 11.0 Å². The Bertz CT molecular complexity index is 1250. The molecular weight excluding hydrogens is 452 g/mol. The van der Waals surface area contributed by atoms with Gasteiger partial charge in [-0.1, -0.05) is 0 Å². The largest absolute Gasteiger partial charge is 0.508 e. The summed E-state index contributed by atoms with van der Waals surface area (Å²) in [5.74, 6) is -0.604. The van der Waals surface area contributed by atoms with E-state index >= 15 is 0 Å². The molecule has 0 bridgehead atoms. The maximum atomic E-state index is 13.1. The number of phenolic OH excluding ortho intramolecular Hbond substituents is 2. The summed E-state index contributed by atoms with van der Waals surface area (Å²) in [5.41, 5.74) is -0.190. The third-order valence-corrected chi connectivity index (χ3v) is 5.75. The van der Waals surface area contributed by atoms with E-state index in [2.05, 4.69) is 0 Å². The van der Waals surface area contributed by atoms with Crippen molar-refractivity contribution < 1.29 is 49.3 Å². The molecule has 0 spiro atoms. The van der Waals surface area contributed by atoms with E-state index in [4.69, 9.17) is 18.6 Å². The van der Waals surface area contributed by atoms with Crippen molar-refractivity contribution in [1.82, 2.24) is 0 Å². The second-order valence-corrected chi connectivity index (χ2v) is 7.88. The Morgan fingerprint density at radius 2 is 1.71 bits per heavy atom. The average Bonchev–Trinajstić information content (AvgIpc) is 2.82. The lowest BCUT2D eigenvalue weighted by Gasteiger charge is -2.39. The highest BCUT2D eigenvalue weighted by Gasteiger charge is 2.45. The Hall–Kier alpha value is -3.35. The van der Waals surface area contributed by atoms with Gasteiger partial charge in [-0.2, -0.15) is 0 Å². The van der Waals surface area contributed by atoms with E-state index in [0.29, 0.717) is 5.56 Å². The van der Waals surface area contributed by atoms with E-state index < -0.39 is 48.5 Å². The zero-order valence-electron chi connectivity index (χ0n) is 18.2. The molecule has 0 amide bonds. The fourth-order valence-corrected chi connectivity index (χ4v) is 3.79. The molecule has 1 aliphatic rings. The number of fused-ring (bicyclic) bond motifs is 1. The molecule has 1 unspecified atom stereocenters. The molecule has 182 valence electrons. The van der Waals surface area contributed by atoms with Gasteiger partial charge in [-0.3, -0.25) is 4.79 Å². The summed E-state index contributed by atoms with van der Waals surface area (Å²) in [7, 11) is 1.28. The van der Waals surface area contributed by atoms with Crippen LogP contribution in [0.2, 0.25) is 0 Å². The molecule has 1 aliphatic heterocycles. The van der Waals surface area contributed by atoms with Gasteiger partial charge >= 0.3 is 0 Å². The zero-order chi connectivity index (χ0) is 24.7. The van der Waals surface area contributed by atoms with E-state index in [1.54, 1.807) is 0 Å². The smallest absolute Gasteiger partial charge is 0.239 e. The number of methoxy groups -OCH3 is 1. The van der Waals surface area contributed by atoms with Gasteiger partial charge in [0.2, 0.25) is 17.5 Å². The van der Waals surface area contributed by atoms with E-state index in [1.807, 2.05) is 0 Å². The molecule has 5 atom stereocenters. The normalized spacial score (nSPS) is 24.8. The standard InChI is InChI=1S/C23H24O11/c1-9-12(33-23-20(30)19(29)17(27)14(8-24)34-23)7-13-15(16(9)26)18(28)22(31-2)21(32-13)10-3-5-11(25)6-4-10/h3-7,14,17,19-20,23-27,29-30H,8H2,1-2H3/t14-,17-,19+,20-,23?/m1/s1. The summed E-state index contributed by atoms with van der Waals surface area (Å²) < 4.78 is 22.1. The van der Waals surface area contributed by atoms with Crippen LogP contribution in [-0.2, 0) is 4.74 Å². The Labute approximate surface area is 192 Å². The first kappa shape index (κ1) is 23.8. The van der Waals surface area contributed by atoms with Crippen molar-refractivity contribution in [3.63, 3.8) is 0 Å². The SMILES string of the molecule is COc1c(-c2ccc(O)cc2)oc2cc(OC3O[C@H](CO)[C@@H](O)[C@H](O)[C@H]3O)c(C)c(O)c2c1=O. The number of aliphatic hydroxyl groups is 4. The lowest BCUT2D eigenvalue weighted by Crippen LogP contribution is -2.60. The third-order valence-electron chi connectivity index (χ3n) is 5.75. The van der Waals surface area contributed by atoms with Crippen molar-refractivity contribution in [3.05, 3.63) is 46.1 Å². The zero-order valence-corrected chi connectivity index (χ0v) is 18.2. The van der Waals surface area contributed by atoms with Gasteiger partial charge in [0.25, 0.3) is 0 Å². The number of ether oxygens (including phenoxy) is 3. The quantitative estimate of drug-likeness (QED) is 0.299. The second kappa shape index (κ2) is 9.12. The maximum absolute atomic E-state index is 13.1. The van der Waals surface area contributed by atoms with Crippen molar-refractivity contribution in [2.24, 2.45) is 0 Å². The van der Waals surface area contributed by atoms with Crippen LogP contribution >= 0.6 is 0 Å². The molecular formula is C23H24O11. The van der Waals surface area contributed by atoms with Crippen molar-refractivity contribution in [2.75, 3.05) is 13.7 Å². The molecule has 4 rings (SSSR count). The highest BCUT2D eigenvalue weighted by atomic mass is 16.7. The van der Waals surface area contributed by atoms with Gasteiger partial charge in [0.1, 0.15) is 52.6 Å². The van der Waals surface area contributed by atoms with Gasteiger partial charge in [-0.15, -0.1) is 0 Å². The molecule has 0 saturated carbocycles. The van der Waals surface area contributed by atoms with Crippen LogP contribution in [0.15, 0.2) is 39.5 Å². The minimum absolute atomic E-state index is 0.00865. The fraction of sp³-hybridized carbons (Fsp3) is 0.348. The van der Waals surface area contributed by atoms with Crippen molar-refractivity contribution in [2.45, 2.75) is 37.6 Å². The van der Waals surface area contributed by atoms with Crippen LogP contribution in [0.5, 0.6) is 23.0 Å². The number of hydrogen-bond donors (Lipinski definition) is 6. The minimum Gasteiger partial charge on any atom is -0.508 e. The van der Waals surface area contributed by atoms with E-state index in [9.17, 15) is 35.4 Å². The van der Waals surface area contributed by atoms with E-state index in [0.717, 1.165) is 0 Å². The molecule has 3 aromatic rings. The molecule has 11 nitrogen and oxygen atoms in total. The monoisotopic (exact) mass is 476 g/mol. The lowest BCUT2D eigenvalue weighted by atomic mass is 9.99. The molecule has 0 aliphatic carbocycles. The molecule has 1 saturated heterocycles.